The van der Waals surface area contributed by atoms with Crippen molar-refractivity contribution in [2.75, 3.05) is 0 Å². The molecule has 0 aliphatic rings. The highest BCUT2D eigenvalue weighted by Gasteiger charge is 2.20. The Balaban J connectivity index is 4.00. The topological polar surface area (TPSA) is 80.7 Å². The zero-order valence-electron chi connectivity index (χ0n) is 6.68. The summed E-state index contributed by atoms with van der Waals surface area (Å²) in [6.07, 6.45) is -2.35. The number of carbonyl (C=O) groups excluding carboxylic acids is 2. The van der Waals surface area contributed by atoms with Gasteiger partial charge in [-0.05, 0) is 13.8 Å². The average Bonchev–Trinajstić information content (AvgIpc) is 2.02. The minimum Gasteiger partial charge on any atom is -0.452 e. The third kappa shape index (κ3) is 3.55. The molecule has 0 saturated heterocycles. The molecule has 0 spiro atoms. The van der Waals surface area contributed by atoms with Gasteiger partial charge in [0.15, 0.2) is 6.10 Å². The summed E-state index contributed by atoms with van der Waals surface area (Å²) in [4.78, 5) is 21.2. The number of hydrogen-bond donors (Lipinski definition) is 1. The van der Waals surface area contributed by atoms with Gasteiger partial charge in [-0.2, -0.15) is 0 Å². The molecule has 68 valence electrons. The number of esters is 1. The van der Waals surface area contributed by atoms with E-state index in [1.807, 2.05) is 0 Å². The summed E-state index contributed by atoms with van der Waals surface area (Å²) < 4.78 is 14.4. The molecule has 2 atom stereocenters. The summed E-state index contributed by atoms with van der Waals surface area (Å²) >= 11 is 0. The Bertz CT molecular complexity index is 200. The first-order valence-corrected chi connectivity index (χ1v) is 4.06. The van der Waals surface area contributed by atoms with E-state index in [0.29, 0.717) is 0 Å². The number of aliphatic hydroxyl groups excluding tert-OH is 1. The molecule has 0 radical (unpaired) electrons. The number of rotatable bonds is 4. The van der Waals surface area contributed by atoms with Gasteiger partial charge < -0.3 is 9.84 Å². The molecule has 0 heterocycles. The van der Waals surface area contributed by atoms with Crippen LogP contribution in [0.3, 0.4) is 0 Å². The zero-order valence-corrected chi connectivity index (χ0v) is 7.58. The van der Waals surface area contributed by atoms with E-state index in [0.717, 1.165) is 0 Å². The van der Waals surface area contributed by atoms with Crippen molar-refractivity contribution in [2.45, 2.75) is 26.1 Å². The second kappa shape index (κ2) is 4.95. The van der Waals surface area contributed by atoms with Crippen LogP contribution in [0.5, 0.6) is 0 Å². The first-order chi connectivity index (χ1) is 5.49. The van der Waals surface area contributed by atoms with E-state index in [1.165, 1.54) is 13.8 Å². The maximum atomic E-state index is 10.6. The molecule has 0 aliphatic carbocycles. The molecule has 0 amide bonds. The molecule has 1 N–H and O–H groups in total. The van der Waals surface area contributed by atoms with Gasteiger partial charge >= 0.3 is 5.97 Å². The monoisotopic (exact) mass is 192 g/mol. The van der Waals surface area contributed by atoms with Crippen LogP contribution in [0.2, 0.25) is 0 Å². The Morgan fingerprint density at radius 2 is 1.92 bits per heavy atom. The molecule has 0 rings (SSSR count). The summed E-state index contributed by atoms with van der Waals surface area (Å²) in [5.41, 5.74) is -0.732. The normalized spacial score (nSPS) is 15.2. The maximum Gasteiger partial charge on any atom is 0.335 e. The van der Waals surface area contributed by atoms with Gasteiger partial charge in [-0.3, -0.25) is 9.36 Å². The summed E-state index contributed by atoms with van der Waals surface area (Å²) in [6.45, 7) is 2.50. The predicted octanol–water partition coefficient (Wildman–Crippen LogP) is 0.117. The molecule has 0 saturated carbocycles. The lowest BCUT2D eigenvalue weighted by molar-refractivity contribution is -0.159. The van der Waals surface area contributed by atoms with Crippen molar-refractivity contribution >= 4 is 20.0 Å². The second-order valence-electron chi connectivity index (χ2n) is 2.18. The zero-order chi connectivity index (χ0) is 9.72. The molecule has 0 bridgehead atoms. The molecular weight excluding hydrogens is 183 g/mol. The van der Waals surface area contributed by atoms with Crippen LogP contribution in [0, 0.1) is 0 Å². The Morgan fingerprint density at radius 1 is 1.42 bits per heavy atom. The van der Waals surface area contributed by atoms with E-state index >= 15 is 0 Å². The first-order valence-electron chi connectivity index (χ1n) is 3.24. The standard InChI is InChI=1S/C6H9O5P/c1-3(7)5(8)11-4(2)6(9)12-10/h3-4,7H,1-2H3/t3-,4-/m0/s1. The SMILES string of the molecule is C[C@H](O)C(=O)O[C@@H](C)C(=O)P=O. The molecule has 0 aromatic heterocycles. The summed E-state index contributed by atoms with van der Waals surface area (Å²) in [5, 5.41) is 8.66. The quantitative estimate of drug-likeness (QED) is 0.505. The Labute approximate surface area is 70.9 Å². The number of hydrogen-bond acceptors (Lipinski definition) is 5. The highest BCUT2D eigenvalue weighted by atomic mass is 31.1. The second-order valence-corrected chi connectivity index (χ2v) is 2.81. The van der Waals surface area contributed by atoms with Gasteiger partial charge in [-0.1, -0.05) is 0 Å². The summed E-state index contributed by atoms with van der Waals surface area (Å²) in [5.74, 6) is -0.903. The Morgan fingerprint density at radius 3 is 2.25 bits per heavy atom. The molecule has 0 unspecified atom stereocenters. The fraction of sp³-hybridized carbons (Fsp3) is 0.667. The molecule has 0 aliphatic heterocycles. The molecule has 0 aromatic rings. The van der Waals surface area contributed by atoms with Crippen LogP contribution in [0.4, 0.5) is 0 Å². The highest BCUT2D eigenvalue weighted by Crippen LogP contribution is 2.04. The minimum absolute atomic E-state index is 0.702. The lowest BCUT2D eigenvalue weighted by Gasteiger charge is -2.09. The van der Waals surface area contributed by atoms with E-state index in [2.05, 4.69) is 4.74 Å². The fourth-order valence-corrected chi connectivity index (χ4v) is 0.598. The van der Waals surface area contributed by atoms with Gasteiger partial charge in [-0.15, -0.1) is 0 Å². The van der Waals surface area contributed by atoms with Crippen LogP contribution in [-0.4, -0.2) is 28.8 Å². The molecule has 0 aromatic carbocycles. The predicted molar refractivity (Wildman–Crippen MR) is 39.8 cm³/mol. The van der Waals surface area contributed by atoms with Crippen molar-refractivity contribution < 1.29 is 24.0 Å². The van der Waals surface area contributed by atoms with Crippen LogP contribution in [0.15, 0.2) is 0 Å². The van der Waals surface area contributed by atoms with E-state index in [4.69, 9.17) is 5.11 Å². The van der Waals surface area contributed by atoms with E-state index in [1.54, 1.807) is 0 Å². The Hall–Kier alpha value is -0.800. The van der Waals surface area contributed by atoms with Crippen LogP contribution in [-0.2, 0) is 18.9 Å². The van der Waals surface area contributed by atoms with Crippen molar-refractivity contribution in [3.63, 3.8) is 0 Å². The van der Waals surface area contributed by atoms with Crippen molar-refractivity contribution in [3.05, 3.63) is 0 Å². The third-order valence-corrected chi connectivity index (χ3v) is 1.62. The van der Waals surface area contributed by atoms with E-state index in [9.17, 15) is 14.2 Å². The van der Waals surface area contributed by atoms with Gasteiger partial charge in [0.05, 0.1) is 0 Å². The van der Waals surface area contributed by atoms with Gasteiger partial charge in [0.25, 0.3) is 5.52 Å². The van der Waals surface area contributed by atoms with Crippen LogP contribution in [0.1, 0.15) is 13.8 Å². The third-order valence-electron chi connectivity index (χ3n) is 1.07. The molecule has 0 fully saturated rings. The van der Waals surface area contributed by atoms with Crippen LogP contribution >= 0.6 is 8.46 Å². The van der Waals surface area contributed by atoms with Crippen LogP contribution < -0.4 is 0 Å². The number of ether oxygens (including phenoxy) is 1. The van der Waals surface area contributed by atoms with E-state index < -0.39 is 32.2 Å². The molecular formula is C6H9O5P. The molecule has 12 heavy (non-hydrogen) atoms. The van der Waals surface area contributed by atoms with Crippen LogP contribution in [0.25, 0.3) is 0 Å². The average molecular weight is 192 g/mol. The van der Waals surface area contributed by atoms with Gasteiger partial charge in [0, 0.05) is 0 Å². The largest absolute Gasteiger partial charge is 0.452 e. The maximum absolute atomic E-state index is 10.6. The molecule has 6 heteroatoms. The smallest absolute Gasteiger partial charge is 0.335 e. The van der Waals surface area contributed by atoms with E-state index in [-0.39, 0.29) is 0 Å². The fourth-order valence-electron chi connectivity index (χ4n) is 0.397. The first kappa shape index (κ1) is 11.2. The summed E-state index contributed by atoms with van der Waals surface area (Å²) in [6, 6.07) is 0. The van der Waals surface area contributed by atoms with Gasteiger partial charge in [-0.25, -0.2) is 4.79 Å². The number of aliphatic hydroxyl groups is 1. The van der Waals surface area contributed by atoms with Crippen molar-refractivity contribution in [2.24, 2.45) is 0 Å². The van der Waals surface area contributed by atoms with Gasteiger partial charge in [0.2, 0.25) is 8.46 Å². The highest BCUT2D eigenvalue weighted by molar-refractivity contribution is 7.46. The van der Waals surface area contributed by atoms with Crippen molar-refractivity contribution in [3.8, 4) is 0 Å². The Kier molecular flexibility index (Phi) is 4.62. The van der Waals surface area contributed by atoms with Gasteiger partial charge in [0.1, 0.15) is 6.10 Å². The van der Waals surface area contributed by atoms with Crippen molar-refractivity contribution in [1.82, 2.24) is 0 Å². The molecule has 5 nitrogen and oxygen atoms in total. The van der Waals surface area contributed by atoms with Crippen molar-refractivity contribution in [1.29, 1.82) is 0 Å². The lowest BCUT2D eigenvalue weighted by Crippen LogP contribution is -2.27. The number of carbonyl (C=O) groups is 2. The summed E-state index contributed by atoms with van der Waals surface area (Å²) in [7, 11) is -0.702. The minimum atomic E-state index is -1.27. The lowest BCUT2D eigenvalue weighted by atomic mass is 10.4.